The molecule has 230 valence electrons. The summed E-state index contributed by atoms with van der Waals surface area (Å²) in [5.74, 6) is 0. The topological polar surface area (TPSA) is 8.17 Å². The number of hydrogen-bond acceptors (Lipinski definition) is 2. The van der Waals surface area contributed by atoms with Gasteiger partial charge in [-0.2, -0.15) is 0 Å². The van der Waals surface area contributed by atoms with Crippen LogP contribution in [0.25, 0.3) is 69.6 Å². The number of rotatable bonds is 5. The van der Waals surface area contributed by atoms with E-state index < -0.39 is 0 Å². The number of aromatic nitrogens is 1. The monoisotopic (exact) mass is 642 g/mol. The van der Waals surface area contributed by atoms with Gasteiger partial charge in [0.15, 0.2) is 0 Å². The molecule has 0 aliphatic carbocycles. The molecule has 0 saturated carbocycles. The molecule has 49 heavy (non-hydrogen) atoms. The van der Waals surface area contributed by atoms with Crippen LogP contribution in [0.2, 0.25) is 0 Å². The summed E-state index contributed by atoms with van der Waals surface area (Å²) in [6.45, 7) is 0. The molecule has 0 atom stereocenters. The molecule has 0 radical (unpaired) electrons. The van der Waals surface area contributed by atoms with Crippen LogP contribution in [0.15, 0.2) is 182 Å². The molecule has 0 N–H and O–H groups in total. The highest BCUT2D eigenvalue weighted by Crippen LogP contribution is 2.46. The lowest BCUT2D eigenvalue weighted by Crippen LogP contribution is -2.10. The molecule has 0 saturated heterocycles. The third kappa shape index (κ3) is 4.55. The first-order chi connectivity index (χ1) is 24.3. The Balaban J connectivity index is 1.31. The van der Waals surface area contributed by atoms with Crippen molar-refractivity contribution in [1.82, 2.24) is 4.57 Å². The molecule has 2 heterocycles. The number of thiophene rings is 1. The molecule has 10 rings (SSSR count). The number of fused-ring (bicyclic) bond motifs is 7. The Hall–Kier alpha value is -6.16. The van der Waals surface area contributed by atoms with Gasteiger partial charge in [-0.1, -0.05) is 115 Å². The summed E-state index contributed by atoms with van der Waals surface area (Å²) in [4.78, 5) is 2.42. The van der Waals surface area contributed by atoms with Crippen LogP contribution in [0.5, 0.6) is 0 Å². The van der Waals surface area contributed by atoms with Gasteiger partial charge in [-0.15, -0.1) is 11.3 Å². The highest BCUT2D eigenvalue weighted by atomic mass is 32.1. The molecule has 0 aliphatic heterocycles. The third-order valence-corrected chi connectivity index (χ3v) is 10.9. The quantitative estimate of drug-likeness (QED) is 0.181. The standard InChI is InChI=1S/C46H30N2S/c1-3-15-34(16-4-1)47(36-25-26-39-38-19-10-12-22-44(38)49-45(39)30-36)37-28-41(33-24-23-31-13-7-8-14-32(31)27-33)46-40-20-9-11-21-42(40)48(43(46)29-37)35-17-5-2-6-18-35/h1-30H. The van der Waals surface area contributed by atoms with E-state index in [1.54, 1.807) is 0 Å². The summed E-state index contributed by atoms with van der Waals surface area (Å²) in [5, 5.41) is 7.59. The fraction of sp³-hybridized carbons (Fsp3) is 0. The highest BCUT2D eigenvalue weighted by molar-refractivity contribution is 7.25. The van der Waals surface area contributed by atoms with E-state index in [4.69, 9.17) is 0 Å². The largest absolute Gasteiger partial charge is 0.310 e. The van der Waals surface area contributed by atoms with Crippen LogP contribution in [-0.2, 0) is 0 Å². The molecule has 0 aliphatic rings. The first-order valence-electron chi connectivity index (χ1n) is 16.7. The maximum Gasteiger partial charge on any atom is 0.0568 e. The molecular formula is C46H30N2S. The average molecular weight is 643 g/mol. The SMILES string of the molecule is c1ccc(N(c2ccc3c(c2)sc2ccccc23)c2cc(-c3ccc4ccccc4c3)c3c4ccccc4n(-c4ccccc4)c3c2)cc1. The van der Waals surface area contributed by atoms with Gasteiger partial charge in [0, 0.05) is 53.7 Å². The molecule has 8 aromatic carbocycles. The van der Waals surface area contributed by atoms with Crippen molar-refractivity contribution in [3.8, 4) is 16.8 Å². The Morgan fingerprint density at radius 2 is 1.10 bits per heavy atom. The molecule has 3 heteroatoms. The summed E-state index contributed by atoms with van der Waals surface area (Å²) in [7, 11) is 0. The van der Waals surface area contributed by atoms with Crippen LogP contribution >= 0.6 is 11.3 Å². The Labute approximate surface area is 288 Å². The summed E-state index contributed by atoms with van der Waals surface area (Å²) >= 11 is 1.86. The van der Waals surface area contributed by atoms with Gasteiger partial charge in [0.25, 0.3) is 0 Å². The molecule has 2 aromatic heterocycles. The van der Waals surface area contributed by atoms with Gasteiger partial charge in [0.1, 0.15) is 0 Å². The number of hydrogen-bond donors (Lipinski definition) is 0. The Kier molecular flexibility index (Phi) is 6.39. The van der Waals surface area contributed by atoms with Crippen molar-refractivity contribution < 1.29 is 0 Å². The fourth-order valence-electron chi connectivity index (χ4n) is 7.53. The number of para-hydroxylation sites is 3. The molecule has 2 nitrogen and oxygen atoms in total. The summed E-state index contributed by atoms with van der Waals surface area (Å²) in [6, 6.07) is 66.3. The van der Waals surface area contributed by atoms with Crippen molar-refractivity contribution in [2.45, 2.75) is 0 Å². The van der Waals surface area contributed by atoms with Crippen molar-refractivity contribution in [2.75, 3.05) is 4.90 Å². The van der Waals surface area contributed by atoms with Crippen molar-refractivity contribution in [3.63, 3.8) is 0 Å². The van der Waals surface area contributed by atoms with Crippen LogP contribution in [0, 0.1) is 0 Å². The molecule has 0 fully saturated rings. The number of benzene rings is 8. The van der Waals surface area contributed by atoms with E-state index >= 15 is 0 Å². The van der Waals surface area contributed by atoms with Gasteiger partial charge in [-0.25, -0.2) is 0 Å². The first kappa shape index (κ1) is 27.9. The van der Waals surface area contributed by atoms with Crippen molar-refractivity contribution in [1.29, 1.82) is 0 Å². The van der Waals surface area contributed by atoms with E-state index in [1.165, 1.54) is 63.9 Å². The number of nitrogens with zero attached hydrogens (tertiary/aromatic N) is 2. The molecule has 0 unspecified atom stereocenters. The normalized spacial score (nSPS) is 11.7. The maximum atomic E-state index is 2.43. The van der Waals surface area contributed by atoms with Gasteiger partial charge >= 0.3 is 0 Å². The van der Waals surface area contributed by atoms with Crippen molar-refractivity contribution in [3.05, 3.63) is 182 Å². The minimum atomic E-state index is 1.11. The van der Waals surface area contributed by atoms with Gasteiger partial charge in [-0.05, 0) is 88.6 Å². The highest BCUT2D eigenvalue weighted by Gasteiger charge is 2.22. The van der Waals surface area contributed by atoms with Crippen LogP contribution in [-0.4, -0.2) is 4.57 Å². The predicted octanol–water partition coefficient (Wildman–Crippen LogP) is 13.4. The van der Waals surface area contributed by atoms with E-state index in [0.29, 0.717) is 0 Å². The van der Waals surface area contributed by atoms with E-state index in [0.717, 1.165) is 22.7 Å². The van der Waals surface area contributed by atoms with Crippen molar-refractivity contribution in [2.24, 2.45) is 0 Å². The summed E-state index contributed by atoms with van der Waals surface area (Å²) in [5.41, 5.74) is 9.31. The smallest absolute Gasteiger partial charge is 0.0568 e. The average Bonchev–Trinajstić information content (AvgIpc) is 3.70. The predicted molar refractivity (Wildman–Crippen MR) is 211 cm³/mol. The van der Waals surface area contributed by atoms with Crippen LogP contribution in [0.3, 0.4) is 0 Å². The first-order valence-corrected chi connectivity index (χ1v) is 17.5. The second-order valence-electron chi connectivity index (χ2n) is 12.6. The second-order valence-corrected chi connectivity index (χ2v) is 13.7. The van der Waals surface area contributed by atoms with Crippen LogP contribution in [0.1, 0.15) is 0 Å². The lowest BCUT2D eigenvalue weighted by atomic mass is 9.96. The third-order valence-electron chi connectivity index (χ3n) is 9.73. The zero-order valence-corrected chi connectivity index (χ0v) is 27.4. The van der Waals surface area contributed by atoms with Gasteiger partial charge in [0.2, 0.25) is 0 Å². The molecule has 0 amide bonds. The van der Waals surface area contributed by atoms with E-state index in [1.807, 2.05) is 11.3 Å². The van der Waals surface area contributed by atoms with Crippen LogP contribution < -0.4 is 4.90 Å². The Morgan fingerprint density at radius 1 is 0.408 bits per heavy atom. The summed E-state index contributed by atoms with van der Waals surface area (Å²) < 4.78 is 5.03. The van der Waals surface area contributed by atoms with Gasteiger partial charge in [-0.3, -0.25) is 0 Å². The molecule has 0 spiro atoms. The Bertz CT molecular complexity index is 2830. The second kappa shape index (κ2) is 11.2. The zero-order chi connectivity index (χ0) is 32.3. The minimum absolute atomic E-state index is 1.11. The number of anilines is 3. The zero-order valence-electron chi connectivity index (χ0n) is 26.6. The van der Waals surface area contributed by atoms with E-state index in [-0.39, 0.29) is 0 Å². The minimum Gasteiger partial charge on any atom is -0.310 e. The summed E-state index contributed by atoms with van der Waals surface area (Å²) in [6.07, 6.45) is 0. The molecule has 10 aromatic rings. The molecule has 0 bridgehead atoms. The van der Waals surface area contributed by atoms with Crippen LogP contribution in [0.4, 0.5) is 17.1 Å². The lowest BCUT2D eigenvalue weighted by Gasteiger charge is -2.27. The lowest BCUT2D eigenvalue weighted by molar-refractivity contribution is 1.18. The molecular weight excluding hydrogens is 613 g/mol. The fourth-order valence-corrected chi connectivity index (χ4v) is 8.67. The van der Waals surface area contributed by atoms with E-state index in [9.17, 15) is 0 Å². The Morgan fingerprint density at radius 3 is 1.96 bits per heavy atom. The van der Waals surface area contributed by atoms with Crippen molar-refractivity contribution >= 4 is 81.1 Å². The van der Waals surface area contributed by atoms with Gasteiger partial charge < -0.3 is 9.47 Å². The van der Waals surface area contributed by atoms with Gasteiger partial charge in [0.05, 0.1) is 11.0 Å². The maximum absolute atomic E-state index is 2.43. The van der Waals surface area contributed by atoms with E-state index in [2.05, 4.69) is 191 Å².